The molecule has 4 aromatic rings. The van der Waals surface area contributed by atoms with Crippen molar-refractivity contribution >= 4 is 34.2 Å². The van der Waals surface area contributed by atoms with Crippen molar-refractivity contribution in [1.29, 1.82) is 0 Å². The number of fused-ring (bicyclic) bond motifs is 1. The van der Waals surface area contributed by atoms with E-state index in [1.807, 2.05) is 54.9 Å². The second-order valence-electron chi connectivity index (χ2n) is 9.30. The summed E-state index contributed by atoms with van der Waals surface area (Å²) in [4.78, 5) is 15.2. The number of carbonyl (C=O) groups is 1. The summed E-state index contributed by atoms with van der Waals surface area (Å²) in [6.07, 6.45) is 1.77. The van der Waals surface area contributed by atoms with Crippen LogP contribution in [0.15, 0.2) is 48.5 Å². The Labute approximate surface area is 210 Å². The number of nitrogens with zero attached hydrogens (tertiary/aromatic N) is 5. The minimum atomic E-state index is -0.105. The quantitative estimate of drug-likeness (QED) is 0.431. The van der Waals surface area contributed by atoms with E-state index in [1.165, 1.54) is 5.56 Å². The summed E-state index contributed by atoms with van der Waals surface area (Å²) in [5, 5.41) is 18.7. The lowest BCUT2D eigenvalue weighted by Gasteiger charge is -2.32. The van der Waals surface area contributed by atoms with E-state index in [2.05, 4.69) is 39.5 Å². The lowest BCUT2D eigenvalue weighted by Crippen LogP contribution is -2.43. The summed E-state index contributed by atoms with van der Waals surface area (Å²) >= 11 is 6.08. The van der Waals surface area contributed by atoms with E-state index >= 15 is 0 Å². The zero-order valence-electron chi connectivity index (χ0n) is 20.3. The molecule has 1 atom stereocenters. The number of aromatic nitrogens is 4. The summed E-state index contributed by atoms with van der Waals surface area (Å²) in [6, 6.07) is 15.8. The van der Waals surface area contributed by atoms with Crippen LogP contribution in [0.1, 0.15) is 35.4 Å². The van der Waals surface area contributed by atoms with Gasteiger partial charge in [0.15, 0.2) is 5.82 Å². The number of hydrogen-bond donors (Lipinski definition) is 1. The van der Waals surface area contributed by atoms with Gasteiger partial charge in [-0.2, -0.15) is 10.2 Å². The normalized spacial score (nSPS) is 16.0. The van der Waals surface area contributed by atoms with Crippen molar-refractivity contribution < 1.29 is 4.79 Å². The van der Waals surface area contributed by atoms with Gasteiger partial charge >= 0.3 is 0 Å². The molecule has 1 aliphatic rings. The Morgan fingerprint density at radius 3 is 2.69 bits per heavy atom. The van der Waals surface area contributed by atoms with Crippen molar-refractivity contribution in [2.24, 2.45) is 5.92 Å². The first kappa shape index (κ1) is 23.3. The fraction of sp³-hybridized carbons (Fsp3) is 0.333. The van der Waals surface area contributed by atoms with E-state index < -0.39 is 0 Å². The van der Waals surface area contributed by atoms with Gasteiger partial charge in [0.25, 0.3) is 0 Å². The Kier molecular flexibility index (Phi) is 6.43. The number of carbonyl (C=O) groups excluding carboxylic acids is 1. The van der Waals surface area contributed by atoms with Gasteiger partial charge in [0.05, 0.1) is 28.4 Å². The molecule has 7 nitrogen and oxygen atoms in total. The first-order valence-corrected chi connectivity index (χ1v) is 12.4. The summed E-state index contributed by atoms with van der Waals surface area (Å²) in [6.45, 7) is 8.01. The minimum absolute atomic E-state index is 0.0791. The Bertz CT molecular complexity index is 1380. The van der Waals surface area contributed by atoms with Crippen LogP contribution >= 0.6 is 11.6 Å². The van der Waals surface area contributed by atoms with Crippen molar-refractivity contribution in [3.8, 4) is 5.69 Å². The SMILES string of the molecule is Cc1cccc(CNC(=O)[C@H]2CCCN(c3nnc(C)c4c(C)n(-c5ccc(Cl)cc5)nc34)C2)c1. The van der Waals surface area contributed by atoms with E-state index in [4.69, 9.17) is 16.7 Å². The number of aryl methyl sites for hydroxylation is 3. The Morgan fingerprint density at radius 1 is 1.11 bits per heavy atom. The first-order valence-electron chi connectivity index (χ1n) is 12.0. The molecule has 1 amide bonds. The van der Waals surface area contributed by atoms with Crippen LogP contribution in [0.25, 0.3) is 16.6 Å². The molecule has 1 aliphatic heterocycles. The number of nitrogens with one attached hydrogen (secondary N) is 1. The highest BCUT2D eigenvalue weighted by molar-refractivity contribution is 6.30. The van der Waals surface area contributed by atoms with E-state index in [-0.39, 0.29) is 11.8 Å². The summed E-state index contributed by atoms with van der Waals surface area (Å²) in [5.41, 5.74) is 5.88. The van der Waals surface area contributed by atoms with Crippen LogP contribution in [0.5, 0.6) is 0 Å². The third kappa shape index (κ3) is 4.73. The molecule has 1 fully saturated rings. The molecule has 0 aliphatic carbocycles. The number of benzene rings is 2. The second-order valence-corrected chi connectivity index (χ2v) is 9.73. The van der Waals surface area contributed by atoms with Crippen LogP contribution < -0.4 is 10.2 Å². The van der Waals surface area contributed by atoms with E-state index in [9.17, 15) is 4.79 Å². The van der Waals surface area contributed by atoms with Gasteiger partial charge in [-0.1, -0.05) is 41.4 Å². The van der Waals surface area contributed by atoms with Crippen LogP contribution in [0.4, 0.5) is 5.82 Å². The van der Waals surface area contributed by atoms with E-state index in [0.29, 0.717) is 18.1 Å². The summed E-state index contributed by atoms with van der Waals surface area (Å²) < 4.78 is 1.91. The van der Waals surface area contributed by atoms with Crippen molar-refractivity contribution in [1.82, 2.24) is 25.3 Å². The molecule has 0 spiro atoms. The van der Waals surface area contributed by atoms with Gasteiger partial charge in [0.2, 0.25) is 5.91 Å². The number of amides is 1. The zero-order valence-corrected chi connectivity index (χ0v) is 21.0. The maximum atomic E-state index is 13.0. The van der Waals surface area contributed by atoms with Crippen molar-refractivity contribution in [2.45, 2.75) is 40.2 Å². The Morgan fingerprint density at radius 2 is 1.91 bits per heavy atom. The monoisotopic (exact) mass is 488 g/mol. The third-order valence-electron chi connectivity index (χ3n) is 6.70. The molecule has 2 aromatic heterocycles. The lowest BCUT2D eigenvalue weighted by molar-refractivity contribution is -0.125. The molecule has 0 bridgehead atoms. The molecule has 0 saturated carbocycles. The molecule has 1 N–H and O–H groups in total. The maximum absolute atomic E-state index is 13.0. The number of rotatable bonds is 5. The second kappa shape index (κ2) is 9.66. The number of halogens is 1. The van der Waals surface area contributed by atoms with Gasteiger partial charge in [-0.3, -0.25) is 4.79 Å². The highest BCUT2D eigenvalue weighted by Crippen LogP contribution is 2.31. The molecule has 2 aromatic carbocycles. The van der Waals surface area contributed by atoms with E-state index in [1.54, 1.807) is 0 Å². The van der Waals surface area contributed by atoms with Crippen LogP contribution in [-0.2, 0) is 11.3 Å². The molecular weight excluding hydrogens is 460 g/mol. The van der Waals surface area contributed by atoms with Crippen molar-refractivity contribution in [3.63, 3.8) is 0 Å². The molecule has 0 radical (unpaired) electrons. The van der Waals surface area contributed by atoms with Gasteiger partial charge < -0.3 is 10.2 Å². The topological polar surface area (TPSA) is 75.9 Å². The summed E-state index contributed by atoms with van der Waals surface area (Å²) in [5.74, 6) is 0.708. The average molecular weight is 489 g/mol. The smallest absolute Gasteiger partial charge is 0.225 e. The largest absolute Gasteiger partial charge is 0.352 e. The van der Waals surface area contributed by atoms with Crippen molar-refractivity contribution in [3.05, 3.63) is 76.1 Å². The van der Waals surface area contributed by atoms with Crippen LogP contribution in [0.3, 0.4) is 0 Å². The predicted octanol–water partition coefficient (Wildman–Crippen LogP) is 4.93. The molecule has 1 saturated heterocycles. The highest BCUT2D eigenvalue weighted by Gasteiger charge is 2.29. The number of piperidine rings is 1. The predicted molar refractivity (Wildman–Crippen MR) is 139 cm³/mol. The molecule has 180 valence electrons. The Balaban J connectivity index is 1.39. The van der Waals surface area contributed by atoms with Crippen LogP contribution in [0, 0.1) is 26.7 Å². The van der Waals surface area contributed by atoms with Crippen LogP contribution in [0.2, 0.25) is 5.02 Å². The van der Waals surface area contributed by atoms with E-state index in [0.717, 1.165) is 58.7 Å². The summed E-state index contributed by atoms with van der Waals surface area (Å²) in [7, 11) is 0. The first-order chi connectivity index (χ1) is 16.9. The number of anilines is 1. The molecule has 3 heterocycles. The zero-order chi connectivity index (χ0) is 24.5. The molecule has 0 unspecified atom stereocenters. The van der Waals surface area contributed by atoms with Gasteiger partial charge in [-0.25, -0.2) is 4.68 Å². The van der Waals surface area contributed by atoms with Gasteiger partial charge in [0, 0.05) is 24.7 Å². The van der Waals surface area contributed by atoms with Crippen molar-refractivity contribution in [2.75, 3.05) is 18.0 Å². The standard InChI is InChI=1S/C27H29ClN6O/c1-17-6-4-7-20(14-17)15-29-27(35)21-8-5-13-33(16-21)26-25-24(18(2)30-31-26)19(3)34(32-25)23-11-9-22(28)10-12-23/h4,6-7,9-12,14,21H,5,8,13,15-16H2,1-3H3,(H,29,35)/t21-/m0/s1. The minimum Gasteiger partial charge on any atom is -0.352 e. The fourth-order valence-corrected chi connectivity index (χ4v) is 5.02. The average Bonchev–Trinajstić information content (AvgIpc) is 3.21. The maximum Gasteiger partial charge on any atom is 0.225 e. The molecule has 8 heteroatoms. The Hall–Kier alpha value is -3.45. The molecule has 35 heavy (non-hydrogen) atoms. The van der Waals surface area contributed by atoms with Gasteiger partial charge in [0.1, 0.15) is 5.52 Å². The third-order valence-corrected chi connectivity index (χ3v) is 6.95. The highest BCUT2D eigenvalue weighted by atomic mass is 35.5. The van der Waals surface area contributed by atoms with Gasteiger partial charge in [-0.15, -0.1) is 5.10 Å². The fourth-order valence-electron chi connectivity index (χ4n) is 4.90. The lowest BCUT2D eigenvalue weighted by atomic mass is 9.96. The molecule has 5 rings (SSSR count). The van der Waals surface area contributed by atoms with Gasteiger partial charge in [-0.05, 0) is 63.4 Å². The molecular formula is C27H29ClN6O. The number of hydrogen-bond acceptors (Lipinski definition) is 5. The van der Waals surface area contributed by atoms with Crippen LogP contribution in [-0.4, -0.2) is 39.0 Å².